The third kappa shape index (κ3) is 7.19. The Morgan fingerprint density at radius 1 is 0.939 bits per heavy atom. The summed E-state index contributed by atoms with van der Waals surface area (Å²) in [5.41, 5.74) is 4.03. The number of nitrogens with one attached hydrogen (secondary N) is 1. The van der Waals surface area contributed by atoms with Crippen LogP contribution in [0.5, 0.6) is 0 Å². The molecule has 0 aliphatic carbocycles. The molecule has 33 heavy (non-hydrogen) atoms. The van der Waals surface area contributed by atoms with E-state index < -0.39 is 6.04 Å². The van der Waals surface area contributed by atoms with Crippen molar-refractivity contribution in [1.82, 2.24) is 10.2 Å². The zero-order valence-corrected chi connectivity index (χ0v) is 19.8. The van der Waals surface area contributed by atoms with Crippen LogP contribution < -0.4 is 5.32 Å². The smallest absolute Gasteiger partial charge is 0.242 e. The van der Waals surface area contributed by atoms with Gasteiger partial charge in [0.15, 0.2) is 0 Å². The van der Waals surface area contributed by atoms with E-state index in [2.05, 4.69) is 5.32 Å². The van der Waals surface area contributed by atoms with Crippen LogP contribution in [0.25, 0.3) is 0 Å². The zero-order chi connectivity index (χ0) is 23.6. The van der Waals surface area contributed by atoms with Gasteiger partial charge in [0.1, 0.15) is 11.9 Å². The fraction of sp³-hybridized carbons (Fsp3) is 0.259. The Hall–Kier alpha value is -3.12. The van der Waals surface area contributed by atoms with Crippen molar-refractivity contribution < 1.29 is 14.0 Å². The first-order chi connectivity index (χ1) is 16.0. The summed E-state index contributed by atoms with van der Waals surface area (Å²) in [5, 5.41) is 2.73. The number of halogens is 1. The highest BCUT2D eigenvalue weighted by Gasteiger charge is 2.29. The van der Waals surface area contributed by atoms with Crippen molar-refractivity contribution in [1.29, 1.82) is 0 Å². The maximum atomic E-state index is 13.4. The third-order valence-electron chi connectivity index (χ3n) is 5.53. The maximum Gasteiger partial charge on any atom is 0.242 e. The van der Waals surface area contributed by atoms with Crippen LogP contribution in [0.4, 0.5) is 4.39 Å². The second kappa shape index (κ2) is 12.2. The first-order valence-corrected chi connectivity index (χ1v) is 12.0. The molecule has 3 aromatic carbocycles. The number of carbonyl (C=O) groups excluding carboxylic acids is 2. The van der Waals surface area contributed by atoms with Gasteiger partial charge in [-0.25, -0.2) is 4.39 Å². The minimum Gasteiger partial charge on any atom is -0.357 e. The minimum atomic E-state index is -0.629. The SMILES string of the molecule is CNC(=O)[C@H](Cc1ccccc1)N(Cc1ccccc1C)C(=O)CSCc1ccc(F)cc1. The highest BCUT2D eigenvalue weighted by atomic mass is 32.2. The number of amides is 2. The van der Waals surface area contributed by atoms with Gasteiger partial charge in [-0.1, -0.05) is 66.7 Å². The molecule has 0 fully saturated rings. The molecule has 0 saturated carbocycles. The van der Waals surface area contributed by atoms with E-state index in [9.17, 15) is 14.0 Å². The summed E-state index contributed by atoms with van der Waals surface area (Å²) < 4.78 is 13.2. The Kier molecular flexibility index (Phi) is 9.07. The highest BCUT2D eigenvalue weighted by molar-refractivity contribution is 7.99. The van der Waals surface area contributed by atoms with E-state index in [-0.39, 0.29) is 23.4 Å². The van der Waals surface area contributed by atoms with Gasteiger partial charge in [0.2, 0.25) is 11.8 Å². The van der Waals surface area contributed by atoms with Gasteiger partial charge in [0.05, 0.1) is 5.75 Å². The molecule has 0 saturated heterocycles. The standard InChI is InChI=1S/C27H29FN2O2S/c1-20-8-6-7-11-23(20)17-30(25(27(32)29-2)16-21-9-4-3-5-10-21)26(31)19-33-18-22-12-14-24(28)15-13-22/h3-15,25H,16-19H2,1-2H3,(H,29,32)/t25-/m0/s1. The van der Waals surface area contributed by atoms with Crippen molar-refractivity contribution in [3.8, 4) is 0 Å². The summed E-state index contributed by atoms with van der Waals surface area (Å²) in [5.74, 6) is 0.247. The largest absolute Gasteiger partial charge is 0.357 e. The van der Waals surface area contributed by atoms with E-state index in [4.69, 9.17) is 0 Å². The van der Waals surface area contributed by atoms with E-state index in [0.29, 0.717) is 18.7 Å². The molecule has 1 atom stereocenters. The molecule has 0 heterocycles. The van der Waals surface area contributed by atoms with Gasteiger partial charge in [-0.3, -0.25) is 9.59 Å². The molecule has 172 valence electrons. The molecule has 2 amide bonds. The average Bonchev–Trinajstić information content (AvgIpc) is 2.83. The first-order valence-electron chi connectivity index (χ1n) is 10.9. The molecule has 6 heteroatoms. The number of rotatable bonds is 10. The van der Waals surface area contributed by atoms with E-state index in [0.717, 1.165) is 22.3 Å². The van der Waals surface area contributed by atoms with Crippen LogP contribution in [-0.4, -0.2) is 35.6 Å². The lowest BCUT2D eigenvalue weighted by Gasteiger charge is -2.31. The van der Waals surface area contributed by atoms with Crippen LogP contribution in [0.2, 0.25) is 0 Å². The minimum absolute atomic E-state index is 0.102. The Morgan fingerprint density at radius 3 is 2.27 bits per heavy atom. The second-order valence-corrected chi connectivity index (χ2v) is 8.87. The van der Waals surface area contributed by atoms with Crippen LogP contribution in [-0.2, 0) is 28.3 Å². The monoisotopic (exact) mass is 464 g/mol. The molecular weight excluding hydrogens is 435 g/mol. The molecule has 0 radical (unpaired) electrons. The molecule has 1 N–H and O–H groups in total. The number of benzene rings is 3. The van der Waals surface area contributed by atoms with Gasteiger partial charge in [-0.2, -0.15) is 0 Å². The van der Waals surface area contributed by atoms with E-state index in [1.807, 2.05) is 61.5 Å². The topological polar surface area (TPSA) is 49.4 Å². The average molecular weight is 465 g/mol. The molecule has 0 bridgehead atoms. The molecule has 3 aromatic rings. The molecule has 3 rings (SSSR count). The summed E-state index contributed by atoms with van der Waals surface area (Å²) in [4.78, 5) is 28.0. The van der Waals surface area contributed by atoms with Gasteiger partial charge in [0, 0.05) is 25.8 Å². The van der Waals surface area contributed by atoms with Crippen LogP contribution >= 0.6 is 11.8 Å². The van der Waals surface area contributed by atoms with Gasteiger partial charge in [0.25, 0.3) is 0 Å². The summed E-state index contributed by atoms with van der Waals surface area (Å²) in [6, 6.07) is 23.3. The van der Waals surface area contributed by atoms with E-state index in [1.54, 1.807) is 24.1 Å². The third-order valence-corrected chi connectivity index (χ3v) is 6.52. The van der Waals surface area contributed by atoms with Crippen LogP contribution in [0.15, 0.2) is 78.9 Å². The van der Waals surface area contributed by atoms with Crippen LogP contribution in [0.1, 0.15) is 22.3 Å². The Balaban J connectivity index is 1.81. The van der Waals surface area contributed by atoms with E-state index in [1.165, 1.54) is 23.9 Å². The number of carbonyl (C=O) groups is 2. The van der Waals surface area contributed by atoms with Crippen molar-refractivity contribution in [2.75, 3.05) is 12.8 Å². The Labute approximate surface area is 199 Å². The predicted octanol–water partition coefficient (Wildman–Crippen LogP) is 4.75. The number of likely N-dealkylation sites (N-methyl/N-ethyl adjacent to an activating group) is 1. The second-order valence-electron chi connectivity index (χ2n) is 7.89. The summed E-state index contributed by atoms with van der Waals surface area (Å²) in [7, 11) is 1.60. The van der Waals surface area contributed by atoms with Crippen LogP contribution in [0.3, 0.4) is 0 Å². The highest BCUT2D eigenvalue weighted by Crippen LogP contribution is 2.20. The number of hydrogen-bond donors (Lipinski definition) is 1. The first kappa shape index (κ1) is 24.5. The van der Waals surface area contributed by atoms with Crippen molar-refractivity contribution in [2.45, 2.75) is 31.7 Å². The van der Waals surface area contributed by atoms with E-state index >= 15 is 0 Å². The van der Waals surface area contributed by atoms with Gasteiger partial charge >= 0.3 is 0 Å². The fourth-order valence-corrected chi connectivity index (χ4v) is 4.48. The molecule has 0 spiro atoms. The van der Waals surface area contributed by atoms with Crippen molar-refractivity contribution >= 4 is 23.6 Å². The number of hydrogen-bond acceptors (Lipinski definition) is 3. The molecular formula is C27H29FN2O2S. The maximum absolute atomic E-state index is 13.4. The summed E-state index contributed by atoms with van der Waals surface area (Å²) in [6.07, 6.45) is 0.431. The summed E-state index contributed by atoms with van der Waals surface area (Å²) >= 11 is 1.46. The number of nitrogens with zero attached hydrogens (tertiary/aromatic N) is 1. The quantitative estimate of drug-likeness (QED) is 0.471. The molecule has 0 aliphatic heterocycles. The van der Waals surface area contributed by atoms with Gasteiger partial charge in [-0.15, -0.1) is 11.8 Å². The van der Waals surface area contributed by atoms with Gasteiger partial charge < -0.3 is 10.2 Å². The molecule has 0 aliphatic rings. The van der Waals surface area contributed by atoms with Crippen molar-refractivity contribution in [3.63, 3.8) is 0 Å². The predicted molar refractivity (Wildman–Crippen MR) is 132 cm³/mol. The lowest BCUT2D eigenvalue weighted by atomic mass is 10.0. The number of aryl methyl sites for hydroxylation is 1. The number of thioether (sulfide) groups is 1. The van der Waals surface area contributed by atoms with Crippen molar-refractivity contribution in [3.05, 3.63) is 107 Å². The molecule has 0 aromatic heterocycles. The molecule has 4 nitrogen and oxygen atoms in total. The lowest BCUT2D eigenvalue weighted by Crippen LogP contribution is -2.50. The van der Waals surface area contributed by atoms with Gasteiger partial charge in [-0.05, 0) is 41.3 Å². The lowest BCUT2D eigenvalue weighted by molar-refractivity contribution is -0.139. The normalized spacial score (nSPS) is 11.6. The fourth-order valence-electron chi connectivity index (χ4n) is 3.61. The zero-order valence-electron chi connectivity index (χ0n) is 19.0. The molecule has 0 unspecified atom stereocenters. The Bertz CT molecular complexity index is 1060. The van der Waals surface area contributed by atoms with Crippen molar-refractivity contribution in [2.24, 2.45) is 0 Å². The Morgan fingerprint density at radius 2 is 1.61 bits per heavy atom. The van der Waals surface area contributed by atoms with Crippen LogP contribution in [0, 0.1) is 12.7 Å². The summed E-state index contributed by atoms with van der Waals surface area (Å²) in [6.45, 7) is 2.36.